The third-order valence-electron chi connectivity index (χ3n) is 2.54. The van der Waals surface area contributed by atoms with Gasteiger partial charge in [0.2, 0.25) is 5.95 Å². The first-order valence-corrected chi connectivity index (χ1v) is 6.53. The molecule has 1 heterocycles. The summed E-state index contributed by atoms with van der Waals surface area (Å²) in [7, 11) is 0. The van der Waals surface area contributed by atoms with E-state index in [0.29, 0.717) is 5.95 Å². The highest BCUT2D eigenvalue weighted by Crippen LogP contribution is 2.17. The maximum Gasteiger partial charge on any atom is 0.223 e. The molecule has 0 fully saturated rings. The maximum absolute atomic E-state index is 4.23. The zero-order valence-corrected chi connectivity index (χ0v) is 12.0. The number of nitrogens with zero attached hydrogens (tertiary/aromatic N) is 2. The summed E-state index contributed by atoms with van der Waals surface area (Å²) in [4.78, 5) is 8.46. The van der Waals surface area contributed by atoms with E-state index < -0.39 is 0 Å². The number of anilines is 1. The predicted molar refractivity (Wildman–Crippen MR) is 78.0 cm³/mol. The van der Waals surface area contributed by atoms with E-state index in [9.17, 15) is 0 Å². The highest BCUT2D eigenvalue weighted by atomic mass is 127. The van der Waals surface area contributed by atoms with Crippen LogP contribution in [0.3, 0.4) is 0 Å². The molecule has 2 aromatic rings. The van der Waals surface area contributed by atoms with Crippen molar-refractivity contribution in [3.63, 3.8) is 0 Å². The van der Waals surface area contributed by atoms with E-state index in [0.717, 1.165) is 3.57 Å². The average Bonchev–Trinajstić information content (AvgIpc) is 2.33. The Kier molecular flexibility index (Phi) is 3.93. The van der Waals surface area contributed by atoms with Crippen molar-refractivity contribution >= 4 is 28.5 Å². The lowest BCUT2D eigenvalue weighted by atomic mass is 10.1. The quantitative estimate of drug-likeness (QED) is 0.869. The van der Waals surface area contributed by atoms with E-state index in [-0.39, 0.29) is 6.04 Å². The molecule has 1 atom stereocenters. The van der Waals surface area contributed by atoms with Crippen molar-refractivity contribution < 1.29 is 0 Å². The molecule has 0 spiro atoms. The van der Waals surface area contributed by atoms with Gasteiger partial charge in [0.1, 0.15) is 0 Å². The second kappa shape index (κ2) is 5.44. The molecule has 0 saturated carbocycles. The zero-order chi connectivity index (χ0) is 12.3. The molecule has 3 nitrogen and oxygen atoms in total. The number of aromatic nitrogens is 2. The minimum absolute atomic E-state index is 0.204. The van der Waals surface area contributed by atoms with Crippen LogP contribution in [-0.2, 0) is 0 Å². The standard InChI is InChI=1S/C13H14IN3/c1-9-3-5-11(6-4-9)10(2)17-13-15-7-12(14)8-16-13/h3-8,10H,1-2H3,(H,15,16,17). The van der Waals surface area contributed by atoms with E-state index in [1.807, 2.05) is 0 Å². The largest absolute Gasteiger partial charge is 0.348 e. The molecule has 0 saturated heterocycles. The SMILES string of the molecule is Cc1ccc(C(C)Nc2ncc(I)cn2)cc1. The Labute approximate surface area is 115 Å². The van der Waals surface area contributed by atoms with Gasteiger partial charge in [-0.15, -0.1) is 0 Å². The van der Waals surface area contributed by atoms with Crippen LogP contribution in [0.5, 0.6) is 0 Å². The first-order chi connectivity index (χ1) is 8.15. The van der Waals surface area contributed by atoms with Crippen LogP contribution in [0.4, 0.5) is 5.95 Å². The molecule has 1 aromatic heterocycles. The van der Waals surface area contributed by atoms with Crippen LogP contribution in [0, 0.1) is 10.5 Å². The molecule has 0 aliphatic heterocycles. The first-order valence-electron chi connectivity index (χ1n) is 5.46. The van der Waals surface area contributed by atoms with Crippen LogP contribution in [0.2, 0.25) is 0 Å². The number of rotatable bonds is 3. The minimum Gasteiger partial charge on any atom is -0.348 e. The summed E-state index contributed by atoms with van der Waals surface area (Å²) in [6.07, 6.45) is 3.61. The van der Waals surface area contributed by atoms with Gasteiger partial charge in [-0.05, 0) is 42.0 Å². The van der Waals surface area contributed by atoms with Gasteiger partial charge >= 0.3 is 0 Å². The molecule has 0 amide bonds. The first kappa shape index (κ1) is 12.3. The lowest BCUT2D eigenvalue weighted by Crippen LogP contribution is -2.09. The van der Waals surface area contributed by atoms with Crippen LogP contribution in [0.25, 0.3) is 0 Å². The van der Waals surface area contributed by atoms with Gasteiger partial charge < -0.3 is 5.32 Å². The van der Waals surface area contributed by atoms with Gasteiger partial charge in [0.15, 0.2) is 0 Å². The van der Waals surface area contributed by atoms with Crippen LogP contribution >= 0.6 is 22.6 Å². The predicted octanol–water partition coefficient (Wildman–Crippen LogP) is 3.56. The van der Waals surface area contributed by atoms with Crippen molar-refractivity contribution in [3.8, 4) is 0 Å². The van der Waals surface area contributed by atoms with Crippen molar-refractivity contribution in [1.29, 1.82) is 0 Å². The van der Waals surface area contributed by atoms with Crippen LogP contribution < -0.4 is 5.32 Å². The van der Waals surface area contributed by atoms with Crippen molar-refractivity contribution in [2.75, 3.05) is 5.32 Å². The third-order valence-corrected chi connectivity index (χ3v) is 3.10. The molecule has 17 heavy (non-hydrogen) atoms. The molecule has 0 aliphatic rings. The van der Waals surface area contributed by atoms with Gasteiger partial charge in [0.05, 0.1) is 6.04 Å². The number of aryl methyl sites for hydroxylation is 1. The summed E-state index contributed by atoms with van der Waals surface area (Å²) in [6, 6.07) is 8.68. The summed E-state index contributed by atoms with van der Waals surface area (Å²) in [5.74, 6) is 0.665. The Balaban J connectivity index is 2.08. The fraction of sp³-hybridized carbons (Fsp3) is 0.231. The summed E-state index contributed by atoms with van der Waals surface area (Å²) in [5, 5.41) is 3.28. The molecule has 0 aliphatic carbocycles. The topological polar surface area (TPSA) is 37.8 Å². The van der Waals surface area contributed by atoms with Gasteiger partial charge in [-0.3, -0.25) is 0 Å². The van der Waals surface area contributed by atoms with E-state index >= 15 is 0 Å². The second-order valence-corrected chi connectivity index (χ2v) is 5.25. The molecule has 0 bridgehead atoms. The lowest BCUT2D eigenvalue weighted by molar-refractivity contribution is 0.859. The normalized spacial score (nSPS) is 12.2. The Morgan fingerprint density at radius 3 is 2.29 bits per heavy atom. The number of hydrogen-bond acceptors (Lipinski definition) is 3. The maximum atomic E-state index is 4.23. The van der Waals surface area contributed by atoms with Crippen LogP contribution in [-0.4, -0.2) is 9.97 Å². The molecule has 0 radical (unpaired) electrons. The monoisotopic (exact) mass is 339 g/mol. The highest BCUT2D eigenvalue weighted by Gasteiger charge is 2.06. The summed E-state index contributed by atoms with van der Waals surface area (Å²) in [6.45, 7) is 4.19. The molecule has 1 unspecified atom stereocenters. The smallest absolute Gasteiger partial charge is 0.223 e. The van der Waals surface area contributed by atoms with E-state index in [4.69, 9.17) is 0 Å². The Morgan fingerprint density at radius 1 is 1.12 bits per heavy atom. The number of halogens is 1. The molecule has 88 valence electrons. The van der Waals surface area contributed by atoms with Gasteiger partial charge in [-0.2, -0.15) is 0 Å². The average molecular weight is 339 g/mol. The van der Waals surface area contributed by atoms with Crippen molar-refractivity contribution in [1.82, 2.24) is 9.97 Å². The summed E-state index contributed by atoms with van der Waals surface area (Å²) < 4.78 is 1.04. The van der Waals surface area contributed by atoms with Gasteiger partial charge in [0.25, 0.3) is 0 Å². The Bertz CT molecular complexity index is 479. The lowest BCUT2D eigenvalue weighted by Gasteiger charge is -2.14. The van der Waals surface area contributed by atoms with Crippen LogP contribution in [0.15, 0.2) is 36.7 Å². The molecular formula is C13H14IN3. The molecular weight excluding hydrogens is 325 g/mol. The molecule has 2 rings (SSSR count). The number of nitrogens with one attached hydrogen (secondary N) is 1. The van der Waals surface area contributed by atoms with E-state index in [1.165, 1.54) is 11.1 Å². The fourth-order valence-electron chi connectivity index (χ4n) is 1.52. The van der Waals surface area contributed by atoms with Crippen molar-refractivity contribution in [2.24, 2.45) is 0 Å². The molecule has 1 aromatic carbocycles. The van der Waals surface area contributed by atoms with Gasteiger partial charge in [-0.25, -0.2) is 9.97 Å². The van der Waals surface area contributed by atoms with Gasteiger partial charge in [-0.1, -0.05) is 29.8 Å². The Morgan fingerprint density at radius 2 is 1.71 bits per heavy atom. The van der Waals surface area contributed by atoms with Crippen molar-refractivity contribution in [3.05, 3.63) is 51.4 Å². The highest BCUT2D eigenvalue weighted by molar-refractivity contribution is 14.1. The van der Waals surface area contributed by atoms with E-state index in [2.05, 4.69) is 76.0 Å². The Hall–Kier alpha value is -1.17. The van der Waals surface area contributed by atoms with Crippen molar-refractivity contribution in [2.45, 2.75) is 19.9 Å². The minimum atomic E-state index is 0.204. The summed E-state index contributed by atoms with van der Waals surface area (Å²) >= 11 is 2.19. The summed E-state index contributed by atoms with van der Waals surface area (Å²) in [5.41, 5.74) is 2.50. The second-order valence-electron chi connectivity index (χ2n) is 4.00. The van der Waals surface area contributed by atoms with Crippen LogP contribution in [0.1, 0.15) is 24.1 Å². The number of hydrogen-bond donors (Lipinski definition) is 1. The molecule has 1 N–H and O–H groups in total. The zero-order valence-electron chi connectivity index (χ0n) is 9.81. The third kappa shape index (κ3) is 3.39. The van der Waals surface area contributed by atoms with Gasteiger partial charge in [0, 0.05) is 16.0 Å². The number of benzene rings is 1. The molecule has 4 heteroatoms. The fourth-order valence-corrected chi connectivity index (χ4v) is 1.80. The van der Waals surface area contributed by atoms with E-state index in [1.54, 1.807) is 12.4 Å².